The Morgan fingerprint density at radius 3 is 2.64 bits per heavy atom. The molecule has 9 heteroatoms. The Morgan fingerprint density at radius 2 is 1.93 bits per heavy atom. The fraction of sp³-hybridized carbons (Fsp3) is 0.263. The Balaban J connectivity index is 1.86. The van der Waals surface area contributed by atoms with Crippen LogP contribution in [0.15, 0.2) is 41.3 Å². The van der Waals surface area contributed by atoms with Crippen LogP contribution in [0.25, 0.3) is 22.5 Å². The second-order valence-electron chi connectivity index (χ2n) is 6.61. The van der Waals surface area contributed by atoms with Crippen molar-refractivity contribution in [3.63, 3.8) is 0 Å². The van der Waals surface area contributed by atoms with Crippen LogP contribution in [0.3, 0.4) is 0 Å². The largest absolute Gasteiger partial charge is 0.480 e. The summed E-state index contributed by atoms with van der Waals surface area (Å²) < 4.78 is 16.9. The van der Waals surface area contributed by atoms with Crippen LogP contribution in [0.5, 0.6) is 0 Å². The lowest BCUT2D eigenvalue weighted by Crippen LogP contribution is -2.26. The number of aromatic nitrogens is 4. The number of aliphatic carboxylic acids is 1. The van der Waals surface area contributed by atoms with Gasteiger partial charge in [-0.05, 0) is 37.1 Å². The molecule has 28 heavy (non-hydrogen) atoms. The van der Waals surface area contributed by atoms with Gasteiger partial charge in [0.05, 0.1) is 17.0 Å². The maximum absolute atomic E-state index is 13.4. The van der Waals surface area contributed by atoms with E-state index < -0.39 is 12.0 Å². The van der Waals surface area contributed by atoms with E-state index >= 15 is 0 Å². The molecule has 2 N–H and O–H groups in total. The average molecular weight is 383 g/mol. The molecule has 0 bridgehead atoms. The van der Waals surface area contributed by atoms with E-state index in [4.69, 9.17) is 5.11 Å². The number of rotatable bonds is 5. The third-order valence-electron chi connectivity index (χ3n) is 4.72. The molecule has 0 aliphatic carbocycles. The quantitative estimate of drug-likeness (QED) is 0.700. The van der Waals surface area contributed by atoms with Gasteiger partial charge < -0.3 is 10.4 Å². The maximum Gasteiger partial charge on any atom is 0.325 e. The number of carbonyl (C=O) groups is 1. The lowest BCUT2D eigenvalue weighted by atomic mass is 10.0. The first-order valence-corrected chi connectivity index (χ1v) is 8.88. The highest BCUT2D eigenvalue weighted by molar-refractivity contribution is 5.80. The van der Waals surface area contributed by atoms with Crippen LogP contribution in [0, 0.1) is 5.82 Å². The van der Waals surface area contributed by atoms with Crippen molar-refractivity contribution < 1.29 is 14.3 Å². The predicted molar refractivity (Wildman–Crippen MR) is 100 cm³/mol. The molecule has 3 heterocycles. The van der Waals surface area contributed by atoms with E-state index in [1.807, 2.05) is 4.68 Å². The first-order valence-electron chi connectivity index (χ1n) is 8.88. The number of benzene rings is 1. The van der Waals surface area contributed by atoms with E-state index in [1.165, 1.54) is 25.3 Å². The van der Waals surface area contributed by atoms with Gasteiger partial charge >= 0.3 is 5.97 Å². The van der Waals surface area contributed by atoms with Crippen molar-refractivity contribution >= 4 is 11.9 Å². The van der Waals surface area contributed by atoms with Gasteiger partial charge in [0.2, 0.25) is 5.95 Å². The number of carboxylic acids is 1. The minimum absolute atomic E-state index is 0.156. The van der Waals surface area contributed by atoms with E-state index in [1.54, 1.807) is 22.9 Å². The Morgan fingerprint density at radius 1 is 1.21 bits per heavy atom. The van der Waals surface area contributed by atoms with Crippen molar-refractivity contribution in [1.82, 2.24) is 19.3 Å². The van der Waals surface area contributed by atoms with Crippen molar-refractivity contribution in [2.75, 3.05) is 5.32 Å². The number of halogens is 1. The van der Waals surface area contributed by atoms with E-state index in [9.17, 15) is 14.0 Å². The molecule has 4 rings (SSSR count). The minimum Gasteiger partial charge on any atom is -0.480 e. The van der Waals surface area contributed by atoms with Crippen LogP contribution >= 0.6 is 0 Å². The monoisotopic (exact) mass is 383 g/mol. The number of nitrogens with one attached hydrogen (secondary N) is 1. The average Bonchev–Trinajstić information content (AvgIpc) is 3.25. The summed E-state index contributed by atoms with van der Waals surface area (Å²) in [5, 5.41) is 11.8. The second kappa shape index (κ2) is 6.91. The van der Waals surface area contributed by atoms with Crippen molar-refractivity contribution in [3.05, 3.63) is 52.7 Å². The lowest BCUT2D eigenvalue weighted by molar-refractivity contribution is -0.137. The smallest absolute Gasteiger partial charge is 0.325 e. The van der Waals surface area contributed by atoms with Gasteiger partial charge in [-0.1, -0.05) is 12.1 Å². The van der Waals surface area contributed by atoms with Gasteiger partial charge in [0.25, 0.3) is 5.56 Å². The first kappa shape index (κ1) is 17.9. The minimum atomic E-state index is -1.03. The molecule has 0 fully saturated rings. The van der Waals surface area contributed by atoms with Gasteiger partial charge in [0, 0.05) is 19.3 Å². The lowest BCUT2D eigenvalue weighted by Gasteiger charge is -2.12. The van der Waals surface area contributed by atoms with Crippen molar-refractivity contribution in [3.8, 4) is 22.5 Å². The third-order valence-corrected chi connectivity index (χ3v) is 4.72. The number of fused-ring (bicyclic) bond motifs is 1. The van der Waals surface area contributed by atoms with Crippen LogP contribution in [-0.2, 0) is 17.9 Å². The summed E-state index contributed by atoms with van der Waals surface area (Å²) >= 11 is 0. The summed E-state index contributed by atoms with van der Waals surface area (Å²) in [6.07, 6.45) is 2.34. The number of hydrogen-bond donors (Lipinski definition) is 2. The Labute approximate surface area is 159 Å². The van der Waals surface area contributed by atoms with E-state index in [0.717, 1.165) is 6.42 Å². The summed E-state index contributed by atoms with van der Waals surface area (Å²) in [4.78, 5) is 32.6. The SMILES string of the molecule is CC(Nc1nccc(-c2c(-c3ccc(F)cc3)c(=O)n3n2CCC3)n1)C(=O)O. The predicted octanol–water partition coefficient (Wildman–Crippen LogP) is 2.20. The van der Waals surface area contributed by atoms with Gasteiger partial charge in [-0.2, -0.15) is 0 Å². The fourth-order valence-electron chi connectivity index (χ4n) is 3.37. The normalized spacial score (nSPS) is 13.9. The van der Waals surface area contributed by atoms with Crippen LogP contribution in [0.1, 0.15) is 13.3 Å². The highest BCUT2D eigenvalue weighted by Gasteiger charge is 2.26. The fourth-order valence-corrected chi connectivity index (χ4v) is 3.37. The van der Waals surface area contributed by atoms with Gasteiger partial charge in [-0.15, -0.1) is 0 Å². The van der Waals surface area contributed by atoms with Crippen LogP contribution < -0.4 is 10.9 Å². The van der Waals surface area contributed by atoms with Gasteiger partial charge in [0.15, 0.2) is 0 Å². The first-order chi connectivity index (χ1) is 13.5. The molecule has 0 amide bonds. The molecule has 1 aliphatic rings. The van der Waals surface area contributed by atoms with Crippen LogP contribution in [0.2, 0.25) is 0 Å². The number of carboxylic acid groups (broad SMARTS) is 1. The summed E-state index contributed by atoms with van der Waals surface area (Å²) in [6, 6.07) is 6.57. The van der Waals surface area contributed by atoms with E-state index in [2.05, 4.69) is 15.3 Å². The Hall–Kier alpha value is -3.49. The van der Waals surface area contributed by atoms with Gasteiger partial charge in [0.1, 0.15) is 11.9 Å². The van der Waals surface area contributed by atoms with Gasteiger partial charge in [-0.3, -0.25) is 14.3 Å². The number of anilines is 1. The summed E-state index contributed by atoms with van der Waals surface area (Å²) in [5.74, 6) is -1.25. The molecule has 1 aromatic carbocycles. The maximum atomic E-state index is 13.4. The molecule has 144 valence electrons. The molecule has 8 nitrogen and oxygen atoms in total. The Kier molecular flexibility index (Phi) is 4.42. The van der Waals surface area contributed by atoms with Crippen molar-refractivity contribution in [2.24, 2.45) is 0 Å². The van der Waals surface area contributed by atoms with Crippen LogP contribution in [-0.4, -0.2) is 36.4 Å². The highest BCUT2D eigenvalue weighted by Crippen LogP contribution is 2.31. The molecule has 2 aromatic heterocycles. The molecule has 0 radical (unpaired) electrons. The topological polar surface area (TPSA) is 102 Å². The molecule has 0 spiro atoms. The Bertz CT molecular complexity index is 1100. The summed E-state index contributed by atoms with van der Waals surface area (Å²) in [5.41, 5.74) is 1.99. The molecule has 0 saturated carbocycles. The van der Waals surface area contributed by atoms with Crippen molar-refractivity contribution in [1.29, 1.82) is 0 Å². The zero-order valence-electron chi connectivity index (χ0n) is 15.1. The highest BCUT2D eigenvalue weighted by atomic mass is 19.1. The zero-order valence-corrected chi connectivity index (χ0v) is 15.1. The molecular formula is C19H18FN5O3. The molecule has 1 aliphatic heterocycles. The molecule has 0 saturated heterocycles. The number of nitrogens with zero attached hydrogens (tertiary/aromatic N) is 4. The molecule has 3 aromatic rings. The standard InChI is InChI=1S/C19H18FN5O3/c1-11(18(27)28)22-19-21-8-7-14(23-19)16-15(12-3-5-13(20)6-4-12)17(26)25-10-2-9-24(16)25/h3-8,11H,2,9-10H2,1H3,(H,27,28)(H,21,22,23). The summed E-state index contributed by atoms with van der Waals surface area (Å²) in [6.45, 7) is 2.74. The van der Waals surface area contributed by atoms with Crippen LogP contribution in [0.4, 0.5) is 10.3 Å². The van der Waals surface area contributed by atoms with Gasteiger partial charge in [-0.25, -0.2) is 19.0 Å². The second-order valence-corrected chi connectivity index (χ2v) is 6.61. The molecule has 1 unspecified atom stereocenters. The van der Waals surface area contributed by atoms with Crippen molar-refractivity contribution in [2.45, 2.75) is 32.5 Å². The molecule has 1 atom stereocenters. The third kappa shape index (κ3) is 3.04. The summed E-state index contributed by atoms with van der Waals surface area (Å²) in [7, 11) is 0. The molecular weight excluding hydrogens is 365 g/mol. The zero-order chi connectivity index (χ0) is 19.8. The van der Waals surface area contributed by atoms with E-state index in [0.29, 0.717) is 35.6 Å². The van der Waals surface area contributed by atoms with E-state index in [-0.39, 0.29) is 17.3 Å². The number of hydrogen-bond acceptors (Lipinski definition) is 5.